The van der Waals surface area contributed by atoms with Gasteiger partial charge in [-0.15, -0.1) is 0 Å². The number of hydrogen-bond acceptors (Lipinski definition) is 5. The normalized spacial score (nSPS) is 21.6. The minimum Gasteiger partial charge on any atom is -0.480 e. The van der Waals surface area contributed by atoms with Gasteiger partial charge in [0.25, 0.3) is 0 Å². The van der Waals surface area contributed by atoms with Crippen LogP contribution < -0.4 is 4.74 Å². The first-order valence-electron chi connectivity index (χ1n) is 8.13. The van der Waals surface area contributed by atoms with E-state index in [0.717, 1.165) is 17.1 Å². The number of carbonyl (C=O) groups excluding carboxylic acids is 2. The van der Waals surface area contributed by atoms with Crippen molar-refractivity contribution in [3.8, 4) is 5.75 Å². The molecule has 2 heterocycles. The fourth-order valence-corrected chi connectivity index (χ4v) is 3.61. The van der Waals surface area contributed by atoms with Crippen LogP contribution in [0.15, 0.2) is 51.6 Å². The first kappa shape index (κ1) is 17.7. The maximum atomic E-state index is 15.9. The molecule has 7 heteroatoms. The Labute approximate surface area is 162 Å². The minimum absolute atomic E-state index is 0.0201. The number of ketones is 1. The molecule has 0 aliphatic carbocycles. The third-order valence-corrected chi connectivity index (χ3v) is 5.23. The van der Waals surface area contributed by atoms with Gasteiger partial charge < -0.3 is 13.9 Å². The van der Waals surface area contributed by atoms with Crippen molar-refractivity contribution in [2.45, 2.75) is 18.7 Å². The van der Waals surface area contributed by atoms with Crippen LogP contribution in [0.3, 0.4) is 0 Å². The van der Waals surface area contributed by atoms with Gasteiger partial charge >= 0.3 is 11.6 Å². The second-order valence-corrected chi connectivity index (χ2v) is 7.23. The zero-order valence-electron chi connectivity index (χ0n) is 14.4. The van der Waals surface area contributed by atoms with Gasteiger partial charge in [-0.1, -0.05) is 28.1 Å². The average Bonchev–Trinajstić information content (AvgIpc) is 3.06. The molecule has 1 aromatic heterocycles. The average molecular weight is 433 g/mol. The molecular weight excluding hydrogens is 419 g/mol. The molecule has 3 aromatic rings. The summed E-state index contributed by atoms with van der Waals surface area (Å²) < 4.78 is 32.7. The van der Waals surface area contributed by atoms with Gasteiger partial charge in [0.15, 0.2) is 6.10 Å². The third kappa shape index (κ3) is 2.49. The Hall–Kier alpha value is -2.67. The highest BCUT2D eigenvalue weighted by molar-refractivity contribution is 9.10. The Balaban J connectivity index is 1.98. The Morgan fingerprint density at radius 1 is 1.22 bits per heavy atom. The smallest absolute Gasteiger partial charge is 0.356 e. The predicted molar refractivity (Wildman–Crippen MR) is 98.6 cm³/mol. The van der Waals surface area contributed by atoms with Crippen LogP contribution in [0.4, 0.5) is 4.39 Å². The molecule has 0 N–H and O–H groups in total. The van der Waals surface area contributed by atoms with Crippen molar-refractivity contribution in [1.82, 2.24) is 0 Å². The molecule has 0 fully saturated rings. The summed E-state index contributed by atoms with van der Waals surface area (Å²) in [6, 6.07) is 9.50. The van der Waals surface area contributed by atoms with E-state index in [9.17, 15) is 9.59 Å². The van der Waals surface area contributed by atoms with Crippen molar-refractivity contribution in [2.75, 3.05) is 7.11 Å². The lowest BCUT2D eigenvalue weighted by Gasteiger charge is -2.35. The maximum Gasteiger partial charge on any atom is 0.356 e. The lowest BCUT2D eigenvalue weighted by molar-refractivity contribution is -0.157. The van der Waals surface area contributed by atoms with Gasteiger partial charge in [0.05, 0.1) is 24.3 Å². The Kier molecular flexibility index (Phi) is 4.07. The SMILES string of the molecule is COC(=O)C1(F)C(=O)c2ccc3occ(C)c3c2OC1c1ccc(Br)cc1. The molecule has 0 saturated heterocycles. The van der Waals surface area contributed by atoms with Crippen LogP contribution >= 0.6 is 15.9 Å². The van der Waals surface area contributed by atoms with E-state index in [-0.39, 0.29) is 11.3 Å². The number of benzene rings is 2. The molecule has 0 saturated carbocycles. The monoisotopic (exact) mass is 432 g/mol. The fourth-order valence-electron chi connectivity index (χ4n) is 3.35. The first-order valence-corrected chi connectivity index (χ1v) is 8.92. The van der Waals surface area contributed by atoms with Gasteiger partial charge in [0.2, 0.25) is 5.78 Å². The van der Waals surface area contributed by atoms with E-state index in [2.05, 4.69) is 20.7 Å². The van der Waals surface area contributed by atoms with E-state index >= 15 is 4.39 Å². The van der Waals surface area contributed by atoms with Crippen molar-refractivity contribution in [3.05, 3.63) is 63.8 Å². The number of hydrogen-bond donors (Lipinski definition) is 0. The summed E-state index contributed by atoms with van der Waals surface area (Å²) >= 11 is 3.31. The molecule has 1 aliphatic rings. The van der Waals surface area contributed by atoms with E-state index in [1.165, 1.54) is 12.3 Å². The fraction of sp³-hybridized carbons (Fsp3) is 0.200. The number of aryl methyl sites for hydroxylation is 1. The zero-order valence-corrected chi connectivity index (χ0v) is 16.0. The largest absolute Gasteiger partial charge is 0.480 e. The third-order valence-electron chi connectivity index (χ3n) is 4.70. The molecule has 2 unspecified atom stereocenters. The number of rotatable bonds is 2. The minimum atomic E-state index is -3.00. The Bertz CT molecular complexity index is 1070. The summed E-state index contributed by atoms with van der Waals surface area (Å²) in [6.07, 6.45) is 0.0448. The number of halogens is 2. The number of esters is 1. The molecule has 0 radical (unpaired) electrons. The van der Waals surface area contributed by atoms with E-state index < -0.39 is 23.5 Å². The zero-order chi connectivity index (χ0) is 19.3. The lowest BCUT2D eigenvalue weighted by Crippen LogP contribution is -2.52. The van der Waals surface area contributed by atoms with E-state index in [1.807, 2.05) is 0 Å². The van der Waals surface area contributed by atoms with Crippen molar-refractivity contribution in [2.24, 2.45) is 0 Å². The molecule has 5 nitrogen and oxygen atoms in total. The standard InChI is InChI=1S/C20H14BrFO5/c1-10-9-26-14-8-7-13-16(15(10)14)27-18(11-3-5-12(21)6-4-11)20(22,17(13)23)19(24)25-2/h3-9,18H,1-2H3. The molecular formula is C20H14BrFO5. The predicted octanol–water partition coefficient (Wildman–Crippen LogP) is 4.70. The number of Topliss-reactive ketones (excluding diaryl/α,β-unsaturated/α-hetero) is 1. The van der Waals surface area contributed by atoms with Crippen LogP contribution in [-0.4, -0.2) is 24.5 Å². The topological polar surface area (TPSA) is 65.7 Å². The highest BCUT2D eigenvalue weighted by Gasteiger charge is 2.60. The quantitative estimate of drug-likeness (QED) is 0.433. The molecule has 2 atom stereocenters. The van der Waals surface area contributed by atoms with Crippen LogP contribution in [0.25, 0.3) is 11.0 Å². The Morgan fingerprint density at radius 3 is 2.59 bits per heavy atom. The number of carbonyl (C=O) groups is 2. The van der Waals surface area contributed by atoms with Crippen molar-refractivity contribution in [3.63, 3.8) is 0 Å². The summed E-state index contributed by atoms with van der Waals surface area (Å²) in [5.41, 5.74) is -1.43. The summed E-state index contributed by atoms with van der Waals surface area (Å²) in [5, 5.41) is 0.579. The molecule has 0 bridgehead atoms. The van der Waals surface area contributed by atoms with Crippen molar-refractivity contribution in [1.29, 1.82) is 0 Å². The maximum absolute atomic E-state index is 15.9. The van der Waals surface area contributed by atoms with Gasteiger partial charge in [0.1, 0.15) is 11.3 Å². The van der Waals surface area contributed by atoms with Crippen molar-refractivity contribution >= 4 is 38.7 Å². The van der Waals surface area contributed by atoms with Crippen LogP contribution in [0, 0.1) is 6.92 Å². The van der Waals surface area contributed by atoms with Crippen molar-refractivity contribution < 1.29 is 27.9 Å². The second-order valence-electron chi connectivity index (χ2n) is 6.32. The summed E-state index contributed by atoms with van der Waals surface area (Å²) in [6.45, 7) is 1.80. The molecule has 1 aliphatic heterocycles. The van der Waals surface area contributed by atoms with Gasteiger partial charge in [-0.25, -0.2) is 9.18 Å². The van der Waals surface area contributed by atoms with Gasteiger partial charge in [0, 0.05) is 4.47 Å². The van der Waals surface area contributed by atoms with E-state index in [4.69, 9.17) is 9.15 Å². The number of furan rings is 1. The number of alkyl halides is 1. The lowest BCUT2D eigenvalue weighted by atomic mass is 9.82. The van der Waals surface area contributed by atoms with Crippen LogP contribution in [0.5, 0.6) is 5.75 Å². The van der Waals surface area contributed by atoms with Crippen LogP contribution in [0.2, 0.25) is 0 Å². The number of methoxy groups -OCH3 is 1. The summed E-state index contributed by atoms with van der Waals surface area (Å²) in [5.74, 6) is -2.09. The van der Waals surface area contributed by atoms with E-state index in [1.54, 1.807) is 37.3 Å². The number of ether oxygens (including phenoxy) is 2. The first-order chi connectivity index (χ1) is 12.9. The molecule has 138 valence electrons. The highest BCUT2D eigenvalue weighted by atomic mass is 79.9. The number of fused-ring (bicyclic) bond motifs is 3. The Morgan fingerprint density at radius 2 is 1.93 bits per heavy atom. The molecule has 27 heavy (non-hydrogen) atoms. The van der Waals surface area contributed by atoms with Crippen LogP contribution in [0.1, 0.15) is 27.6 Å². The molecule has 0 spiro atoms. The second kappa shape index (κ2) is 6.20. The molecule has 2 aromatic carbocycles. The summed E-state index contributed by atoms with van der Waals surface area (Å²) in [4.78, 5) is 25.4. The van der Waals surface area contributed by atoms with Gasteiger partial charge in [-0.2, -0.15) is 0 Å². The van der Waals surface area contributed by atoms with Gasteiger partial charge in [-0.3, -0.25) is 4.79 Å². The molecule has 4 rings (SSSR count). The van der Waals surface area contributed by atoms with E-state index in [0.29, 0.717) is 16.5 Å². The van der Waals surface area contributed by atoms with Crippen LogP contribution in [-0.2, 0) is 9.53 Å². The summed E-state index contributed by atoms with van der Waals surface area (Å²) in [7, 11) is 1.04. The molecule has 0 amide bonds. The van der Waals surface area contributed by atoms with Gasteiger partial charge in [-0.05, 0) is 42.3 Å². The highest BCUT2D eigenvalue weighted by Crippen LogP contribution is 2.48.